The second kappa shape index (κ2) is 10.9. The minimum atomic E-state index is -0.614. The average Bonchev–Trinajstić information content (AvgIpc) is 2.71. The molecule has 0 aliphatic carbocycles. The zero-order valence-corrected chi connectivity index (χ0v) is 18.2. The molecule has 0 aromatic heterocycles. The number of aryl methyl sites for hydroxylation is 1. The van der Waals surface area contributed by atoms with Crippen molar-refractivity contribution in [2.75, 3.05) is 13.2 Å². The van der Waals surface area contributed by atoms with Crippen LogP contribution >= 0.6 is 11.6 Å². The van der Waals surface area contributed by atoms with Crippen LogP contribution in [-0.2, 0) is 16.1 Å². The molecule has 5 nitrogen and oxygen atoms in total. The summed E-state index contributed by atoms with van der Waals surface area (Å²) < 4.78 is 5.67. The summed E-state index contributed by atoms with van der Waals surface area (Å²) in [4.78, 5) is 27.1. The molecular weight excluding hydrogens is 388 g/mol. The van der Waals surface area contributed by atoms with Crippen molar-refractivity contribution in [3.05, 3.63) is 64.7 Å². The number of hydrogen-bond donors (Lipinski definition) is 1. The van der Waals surface area contributed by atoms with E-state index < -0.39 is 6.04 Å². The zero-order valence-electron chi connectivity index (χ0n) is 17.4. The second-order valence-corrected chi connectivity index (χ2v) is 7.93. The van der Waals surface area contributed by atoms with Gasteiger partial charge in [-0.3, -0.25) is 9.59 Å². The molecule has 6 heteroatoms. The van der Waals surface area contributed by atoms with Crippen LogP contribution in [0, 0.1) is 12.8 Å². The molecule has 1 N–H and O–H groups in total. The summed E-state index contributed by atoms with van der Waals surface area (Å²) in [6, 6.07) is 14.2. The maximum absolute atomic E-state index is 13.0. The summed E-state index contributed by atoms with van der Waals surface area (Å²) >= 11 is 6.04. The molecule has 0 spiro atoms. The van der Waals surface area contributed by atoms with Gasteiger partial charge in [0.15, 0.2) is 6.61 Å². The predicted octanol–water partition coefficient (Wildman–Crippen LogP) is 4.22. The molecule has 2 amide bonds. The predicted molar refractivity (Wildman–Crippen MR) is 116 cm³/mol. The number of nitrogens with zero attached hydrogens (tertiary/aromatic N) is 1. The van der Waals surface area contributed by atoms with E-state index in [1.807, 2.05) is 51.1 Å². The van der Waals surface area contributed by atoms with E-state index in [0.717, 1.165) is 11.1 Å². The van der Waals surface area contributed by atoms with Crippen molar-refractivity contribution < 1.29 is 14.3 Å². The Morgan fingerprint density at radius 1 is 1.10 bits per heavy atom. The fourth-order valence-corrected chi connectivity index (χ4v) is 2.87. The van der Waals surface area contributed by atoms with Gasteiger partial charge < -0.3 is 15.0 Å². The average molecular weight is 417 g/mol. The molecule has 0 radical (unpaired) electrons. The quantitative estimate of drug-likeness (QED) is 0.665. The zero-order chi connectivity index (χ0) is 21.4. The number of rotatable bonds is 9. The maximum Gasteiger partial charge on any atom is 0.261 e. The third kappa shape index (κ3) is 7.09. The molecule has 156 valence electrons. The number of amides is 2. The Balaban J connectivity index is 2.10. The van der Waals surface area contributed by atoms with Crippen LogP contribution in [0.3, 0.4) is 0 Å². The minimum absolute atomic E-state index is 0.157. The van der Waals surface area contributed by atoms with E-state index in [-0.39, 0.29) is 18.4 Å². The normalized spacial score (nSPS) is 11.8. The number of ether oxygens (including phenoxy) is 1. The van der Waals surface area contributed by atoms with Crippen LogP contribution in [0.1, 0.15) is 31.9 Å². The Kier molecular flexibility index (Phi) is 8.52. The van der Waals surface area contributed by atoms with Gasteiger partial charge in [-0.1, -0.05) is 55.8 Å². The third-order valence-electron chi connectivity index (χ3n) is 4.54. The number of hydrogen-bond acceptors (Lipinski definition) is 3. The van der Waals surface area contributed by atoms with Crippen LogP contribution < -0.4 is 10.1 Å². The van der Waals surface area contributed by atoms with E-state index in [4.69, 9.17) is 16.3 Å². The van der Waals surface area contributed by atoms with E-state index >= 15 is 0 Å². The van der Waals surface area contributed by atoms with Crippen LogP contribution in [0.4, 0.5) is 0 Å². The fraction of sp³-hybridized carbons (Fsp3) is 0.391. The van der Waals surface area contributed by atoms with Gasteiger partial charge in [-0.2, -0.15) is 0 Å². The number of halogens is 1. The Labute approximate surface area is 178 Å². The molecule has 0 bridgehead atoms. The Hall–Kier alpha value is -2.53. The molecule has 2 rings (SSSR count). The topological polar surface area (TPSA) is 58.6 Å². The Morgan fingerprint density at radius 3 is 2.41 bits per heavy atom. The van der Waals surface area contributed by atoms with Crippen LogP contribution in [0.25, 0.3) is 0 Å². The maximum atomic E-state index is 13.0. The lowest BCUT2D eigenvalue weighted by Gasteiger charge is -2.29. The van der Waals surface area contributed by atoms with Gasteiger partial charge in [0.25, 0.3) is 5.91 Å². The monoisotopic (exact) mass is 416 g/mol. The highest BCUT2D eigenvalue weighted by molar-refractivity contribution is 6.31. The standard InChI is InChI=1S/C23H29ClN2O3/c1-16(2)13-25-23(28)18(4)26(14-19-8-6-5-7-9-19)22(27)15-29-20-10-11-21(24)17(3)12-20/h5-12,16,18H,13-15H2,1-4H3,(H,25,28)/t18-/m0/s1. The summed E-state index contributed by atoms with van der Waals surface area (Å²) in [6.07, 6.45) is 0. The van der Waals surface area contributed by atoms with Crippen LogP contribution in [0.15, 0.2) is 48.5 Å². The highest BCUT2D eigenvalue weighted by Crippen LogP contribution is 2.21. The van der Waals surface area contributed by atoms with Crippen molar-refractivity contribution in [1.29, 1.82) is 0 Å². The second-order valence-electron chi connectivity index (χ2n) is 7.52. The first kappa shape index (κ1) is 22.8. The van der Waals surface area contributed by atoms with E-state index in [2.05, 4.69) is 5.32 Å². The van der Waals surface area contributed by atoms with Crippen molar-refractivity contribution in [3.8, 4) is 5.75 Å². The van der Waals surface area contributed by atoms with Gasteiger partial charge in [-0.15, -0.1) is 0 Å². The van der Waals surface area contributed by atoms with Gasteiger partial charge in [0.1, 0.15) is 11.8 Å². The smallest absolute Gasteiger partial charge is 0.261 e. The molecule has 0 aliphatic heterocycles. The number of benzene rings is 2. The van der Waals surface area contributed by atoms with E-state index in [0.29, 0.717) is 29.8 Å². The molecule has 2 aromatic rings. The Bertz CT molecular complexity index is 824. The minimum Gasteiger partial charge on any atom is -0.484 e. The van der Waals surface area contributed by atoms with Crippen molar-refractivity contribution >= 4 is 23.4 Å². The third-order valence-corrected chi connectivity index (χ3v) is 4.96. The van der Waals surface area contributed by atoms with Crippen molar-refractivity contribution in [2.45, 2.75) is 40.3 Å². The van der Waals surface area contributed by atoms with Crippen LogP contribution in [0.2, 0.25) is 5.02 Å². The van der Waals surface area contributed by atoms with Gasteiger partial charge in [-0.05, 0) is 49.1 Å². The molecule has 0 aliphatic rings. The summed E-state index contributed by atoms with van der Waals surface area (Å²) in [5.74, 6) is 0.469. The van der Waals surface area contributed by atoms with Crippen LogP contribution in [-0.4, -0.2) is 35.9 Å². The molecule has 2 aromatic carbocycles. The van der Waals surface area contributed by atoms with Gasteiger partial charge in [-0.25, -0.2) is 0 Å². The number of carbonyl (C=O) groups is 2. The first-order chi connectivity index (χ1) is 13.8. The lowest BCUT2D eigenvalue weighted by molar-refractivity contribution is -0.142. The molecule has 0 saturated carbocycles. The first-order valence-corrected chi connectivity index (χ1v) is 10.2. The van der Waals surface area contributed by atoms with Gasteiger partial charge in [0.2, 0.25) is 5.91 Å². The van der Waals surface area contributed by atoms with Gasteiger partial charge in [0, 0.05) is 18.1 Å². The molecule has 0 unspecified atom stereocenters. The van der Waals surface area contributed by atoms with Crippen LogP contribution in [0.5, 0.6) is 5.75 Å². The molecule has 29 heavy (non-hydrogen) atoms. The number of nitrogens with one attached hydrogen (secondary N) is 1. The van der Waals surface area contributed by atoms with Gasteiger partial charge in [0.05, 0.1) is 0 Å². The summed E-state index contributed by atoms with van der Waals surface area (Å²) in [7, 11) is 0. The Morgan fingerprint density at radius 2 is 1.79 bits per heavy atom. The molecular formula is C23H29ClN2O3. The summed E-state index contributed by atoms with van der Waals surface area (Å²) in [5.41, 5.74) is 1.82. The number of carbonyl (C=O) groups excluding carboxylic acids is 2. The SMILES string of the molecule is Cc1cc(OCC(=O)N(Cc2ccccc2)[C@@H](C)C(=O)NCC(C)C)ccc1Cl. The first-order valence-electron chi connectivity index (χ1n) is 9.78. The van der Waals surface area contributed by atoms with Gasteiger partial charge >= 0.3 is 0 Å². The summed E-state index contributed by atoms with van der Waals surface area (Å²) in [5, 5.41) is 3.55. The van der Waals surface area contributed by atoms with E-state index in [1.54, 1.807) is 30.0 Å². The van der Waals surface area contributed by atoms with E-state index in [9.17, 15) is 9.59 Å². The lowest BCUT2D eigenvalue weighted by atomic mass is 10.1. The van der Waals surface area contributed by atoms with Crippen molar-refractivity contribution in [1.82, 2.24) is 10.2 Å². The largest absolute Gasteiger partial charge is 0.484 e. The highest BCUT2D eigenvalue weighted by Gasteiger charge is 2.26. The van der Waals surface area contributed by atoms with Crippen molar-refractivity contribution in [3.63, 3.8) is 0 Å². The summed E-state index contributed by atoms with van der Waals surface area (Å²) in [6.45, 7) is 8.41. The lowest BCUT2D eigenvalue weighted by Crippen LogP contribution is -2.49. The van der Waals surface area contributed by atoms with E-state index in [1.165, 1.54) is 0 Å². The molecule has 1 atom stereocenters. The molecule has 0 saturated heterocycles. The molecule has 0 heterocycles. The fourth-order valence-electron chi connectivity index (χ4n) is 2.75. The molecule has 0 fully saturated rings. The highest BCUT2D eigenvalue weighted by atomic mass is 35.5. The van der Waals surface area contributed by atoms with Crippen molar-refractivity contribution in [2.24, 2.45) is 5.92 Å².